The zero-order valence-corrected chi connectivity index (χ0v) is 18.5. The number of hydrogen-bond acceptors (Lipinski definition) is 8. The van der Waals surface area contributed by atoms with Crippen LogP contribution in [0.4, 0.5) is 0 Å². The summed E-state index contributed by atoms with van der Waals surface area (Å²) in [6.45, 7) is 0.386. The van der Waals surface area contributed by atoms with E-state index in [1.165, 1.54) is 39.5 Å². The van der Waals surface area contributed by atoms with Gasteiger partial charge in [-0.3, -0.25) is 14.2 Å². The highest BCUT2D eigenvalue weighted by atomic mass is 35.5. The first-order chi connectivity index (χ1) is 14.8. The zero-order chi connectivity index (χ0) is 22.6. The molecule has 164 valence electrons. The summed E-state index contributed by atoms with van der Waals surface area (Å²) in [6.07, 6.45) is 3.42. The van der Waals surface area contributed by atoms with Crippen LogP contribution in [0.3, 0.4) is 0 Å². The normalized spacial score (nSPS) is 12.6. The number of pyridine rings is 1. The van der Waals surface area contributed by atoms with E-state index >= 15 is 0 Å². The maximum absolute atomic E-state index is 13.2. The molecule has 0 aliphatic carbocycles. The molecule has 0 aliphatic heterocycles. The van der Waals surface area contributed by atoms with Gasteiger partial charge in [0.05, 0.1) is 32.9 Å². The molecule has 0 radical (unpaired) electrons. The van der Waals surface area contributed by atoms with Gasteiger partial charge in [0.2, 0.25) is 5.88 Å². The second-order valence-electron chi connectivity index (χ2n) is 6.17. The molecule has 0 saturated heterocycles. The van der Waals surface area contributed by atoms with Crippen molar-refractivity contribution < 1.29 is 23.2 Å². The molecule has 0 saturated carbocycles. The summed E-state index contributed by atoms with van der Waals surface area (Å²) in [5.74, 6) is -0.575. The first-order valence-electron chi connectivity index (χ1n) is 8.83. The number of nitrogens with one attached hydrogen (secondary N) is 2. The number of carbonyl (C=O) groups excluding carboxylic acids is 1. The van der Waals surface area contributed by atoms with Crippen LogP contribution in [0.1, 0.15) is 16.1 Å². The Morgan fingerprint density at radius 2 is 1.97 bits per heavy atom. The third-order valence-corrected chi connectivity index (χ3v) is 5.96. The number of halogens is 1. The summed E-state index contributed by atoms with van der Waals surface area (Å²) >= 11 is 6.10. The molecule has 31 heavy (non-hydrogen) atoms. The van der Waals surface area contributed by atoms with Crippen molar-refractivity contribution in [1.82, 2.24) is 19.5 Å². The van der Waals surface area contributed by atoms with Crippen molar-refractivity contribution in [2.45, 2.75) is 11.4 Å². The van der Waals surface area contributed by atoms with Gasteiger partial charge in [-0.05, 0) is 30.3 Å². The van der Waals surface area contributed by atoms with Crippen LogP contribution in [0.25, 0.3) is 0 Å². The van der Waals surface area contributed by atoms with Gasteiger partial charge in [-0.25, -0.2) is 14.0 Å². The van der Waals surface area contributed by atoms with Crippen molar-refractivity contribution in [2.24, 2.45) is 0 Å². The van der Waals surface area contributed by atoms with E-state index in [4.69, 9.17) is 30.6 Å². The fraction of sp³-hybridized carbons (Fsp3) is 0.211. The van der Waals surface area contributed by atoms with Gasteiger partial charge >= 0.3 is 0 Å². The van der Waals surface area contributed by atoms with Crippen molar-refractivity contribution in [2.75, 3.05) is 21.3 Å². The van der Waals surface area contributed by atoms with E-state index in [0.29, 0.717) is 12.1 Å². The summed E-state index contributed by atoms with van der Waals surface area (Å²) in [6, 6.07) is 7.79. The number of carbonyl (C=O) groups is 1. The minimum absolute atomic E-state index is 0.0265. The molecule has 0 bridgehead atoms. The first-order valence-corrected chi connectivity index (χ1v) is 10.8. The van der Waals surface area contributed by atoms with Crippen molar-refractivity contribution in [3.8, 4) is 17.4 Å². The molecule has 0 aliphatic rings. The van der Waals surface area contributed by atoms with Gasteiger partial charge in [-0.15, -0.1) is 0 Å². The standard InChI is InChI=1S/C19H20ClN5O5S/c1-28-15-8-6-13(20)16(29-2)17(15)31(21,27)24-18(26)14-7-5-12(19(23-14)30-3)11-25-10-4-9-22-25/h4-10H,11H2,1-3H3,(H2,21,24,26,27). The second kappa shape index (κ2) is 9.23. The predicted octanol–water partition coefficient (Wildman–Crippen LogP) is 2.76. The molecule has 2 N–H and O–H groups in total. The van der Waals surface area contributed by atoms with Crippen molar-refractivity contribution >= 4 is 27.4 Å². The summed E-state index contributed by atoms with van der Waals surface area (Å²) < 4.78 is 41.0. The number of aromatic nitrogens is 3. The highest BCUT2D eigenvalue weighted by Gasteiger charge is 2.27. The third kappa shape index (κ3) is 4.72. The fourth-order valence-corrected chi connectivity index (χ4v) is 4.49. The minimum Gasteiger partial charge on any atom is -0.495 e. The molecule has 1 unspecified atom stereocenters. The molecular weight excluding hydrogens is 446 g/mol. The lowest BCUT2D eigenvalue weighted by Gasteiger charge is -2.17. The average Bonchev–Trinajstić information content (AvgIpc) is 3.26. The van der Waals surface area contributed by atoms with Gasteiger partial charge in [-0.2, -0.15) is 5.10 Å². The number of methoxy groups -OCH3 is 3. The summed E-state index contributed by atoms with van der Waals surface area (Å²) in [7, 11) is 0.161. The van der Waals surface area contributed by atoms with Crippen LogP contribution in [0, 0.1) is 4.78 Å². The SMILES string of the molecule is COc1ccc(Cl)c(OC)c1S(=N)(=O)NC(=O)c1ccc(Cn2cccn2)c(OC)n1. The Morgan fingerprint density at radius 1 is 1.19 bits per heavy atom. The van der Waals surface area contributed by atoms with Crippen LogP contribution >= 0.6 is 11.6 Å². The largest absolute Gasteiger partial charge is 0.495 e. The molecular formula is C19H20ClN5O5S. The van der Waals surface area contributed by atoms with Crippen LogP contribution in [-0.4, -0.2) is 46.2 Å². The third-order valence-electron chi connectivity index (χ3n) is 4.23. The van der Waals surface area contributed by atoms with Gasteiger partial charge in [0, 0.05) is 18.0 Å². The number of nitrogens with zero attached hydrogens (tertiary/aromatic N) is 3. The number of rotatable bonds is 8. The van der Waals surface area contributed by atoms with E-state index in [9.17, 15) is 9.00 Å². The molecule has 2 heterocycles. The van der Waals surface area contributed by atoms with Crippen LogP contribution in [0.2, 0.25) is 5.02 Å². The predicted molar refractivity (Wildman–Crippen MR) is 113 cm³/mol. The molecule has 0 spiro atoms. The maximum Gasteiger partial charge on any atom is 0.282 e. The van der Waals surface area contributed by atoms with E-state index < -0.39 is 15.8 Å². The van der Waals surface area contributed by atoms with Crippen molar-refractivity contribution in [1.29, 1.82) is 4.78 Å². The Hall–Kier alpha value is -3.31. The maximum atomic E-state index is 13.2. The number of amides is 1. The Balaban J connectivity index is 1.92. The van der Waals surface area contributed by atoms with Gasteiger partial charge in [0.25, 0.3) is 5.91 Å². The summed E-state index contributed by atoms with van der Waals surface area (Å²) in [4.78, 5) is 16.8. The zero-order valence-electron chi connectivity index (χ0n) is 16.9. The van der Waals surface area contributed by atoms with Gasteiger partial charge < -0.3 is 14.2 Å². The fourth-order valence-electron chi connectivity index (χ4n) is 2.84. The van der Waals surface area contributed by atoms with Gasteiger partial charge in [0.15, 0.2) is 20.6 Å². The molecule has 1 aromatic carbocycles. The second-order valence-corrected chi connectivity index (χ2v) is 8.30. The monoisotopic (exact) mass is 465 g/mol. The lowest BCUT2D eigenvalue weighted by Crippen LogP contribution is -2.31. The van der Waals surface area contributed by atoms with Crippen molar-refractivity contribution in [3.63, 3.8) is 0 Å². The van der Waals surface area contributed by atoms with E-state index in [1.807, 2.05) is 0 Å². The lowest BCUT2D eigenvalue weighted by atomic mass is 10.2. The summed E-state index contributed by atoms with van der Waals surface area (Å²) in [5.41, 5.74) is 0.605. The molecule has 10 nitrogen and oxygen atoms in total. The highest BCUT2D eigenvalue weighted by molar-refractivity contribution is 7.91. The number of benzene rings is 1. The topological polar surface area (TPSA) is 128 Å². The smallest absolute Gasteiger partial charge is 0.282 e. The van der Waals surface area contributed by atoms with Crippen LogP contribution in [0.15, 0.2) is 47.6 Å². The van der Waals surface area contributed by atoms with E-state index in [-0.39, 0.29) is 33.0 Å². The molecule has 1 atom stereocenters. The highest BCUT2D eigenvalue weighted by Crippen LogP contribution is 2.39. The van der Waals surface area contributed by atoms with Crippen LogP contribution in [-0.2, 0) is 16.5 Å². The molecule has 1 amide bonds. The molecule has 3 rings (SSSR count). The molecule has 2 aromatic heterocycles. The molecule has 12 heteroatoms. The number of hydrogen-bond donors (Lipinski definition) is 2. The van der Waals surface area contributed by atoms with E-state index in [1.54, 1.807) is 29.2 Å². The Bertz CT molecular complexity index is 1200. The van der Waals surface area contributed by atoms with Gasteiger partial charge in [-0.1, -0.05) is 11.6 Å². The van der Waals surface area contributed by atoms with Gasteiger partial charge in [0.1, 0.15) is 11.4 Å². The van der Waals surface area contributed by atoms with E-state index in [2.05, 4.69) is 14.8 Å². The minimum atomic E-state index is -3.92. The number of ether oxygens (including phenoxy) is 3. The van der Waals surface area contributed by atoms with Crippen LogP contribution < -0.4 is 18.9 Å². The molecule has 3 aromatic rings. The van der Waals surface area contributed by atoms with E-state index in [0.717, 1.165) is 0 Å². The average molecular weight is 466 g/mol. The lowest BCUT2D eigenvalue weighted by molar-refractivity contribution is 0.0976. The van der Waals surface area contributed by atoms with Crippen molar-refractivity contribution in [3.05, 3.63) is 59.0 Å². The van der Waals surface area contributed by atoms with Crippen LogP contribution in [0.5, 0.6) is 17.4 Å². The molecule has 0 fully saturated rings. The Kier molecular flexibility index (Phi) is 6.66. The quantitative estimate of drug-likeness (QED) is 0.523. The Morgan fingerprint density at radius 3 is 2.58 bits per heavy atom. The summed E-state index contributed by atoms with van der Waals surface area (Å²) in [5, 5.41) is 4.24. The Labute approximate surface area is 184 Å². The first kappa shape index (κ1) is 22.4.